The molecule has 80 valence electrons. The third-order valence-electron chi connectivity index (χ3n) is 2.19. The molecule has 14 heavy (non-hydrogen) atoms. The van der Waals surface area contributed by atoms with Gasteiger partial charge in [0.2, 0.25) is 0 Å². The van der Waals surface area contributed by atoms with Gasteiger partial charge in [-0.2, -0.15) is 0 Å². The first kappa shape index (κ1) is 10.9. The third-order valence-corrected chi connectivity index (χ3v) is 2.19. The van der Waals surface area contributed by atoms with Crippen LogP contribution in [0.3, 0.4) is 0 Å². The number of carboxylic acids is 2. The van der Waals surface area contributed by atoms with E-state index in [0.29, 0.717) is 12.1 Å². The van der Waals surface area contributed by atoms with E-state index in [1.165, 1.54) is 12.8 Å². The number of hydrogen-bond donors (Lipinski definition) is 3. The number of ether oxygens (including phenoxy) is 1. The Kier molecular flexibility index (Phi) is 3.84. The van der Waals surface area contributed by atoms with Gasteiger partial charge < -0.3 is 20.3 Å². The second-order valence-corrected chi connectivity index (χ2v) is 3.25. The van der Waals surface area contributed by atoms with Gasteiger partial charge in [0, 0.05) is 12.6 Å². The number of rotatable bonds is 0. The van der Waals surface area contributed by atoms with Crippen molar-refractivity contribution >= 4 is 11.9 Å². The number of aliphatic carboxylic acids is 2. The maximum atomic E-state index is 9.10. The van der Waals surface area contributed by atoms with Crippen LogP contribution in [0.15, 0.2) is 0 Å². The summed E-state index contributed by atoms with van der Waals surface area (Å²) in [6, 6.07) is 0.681. The van der Waals surface area contributed by atoms with Crippen molar-refractivity contribution in [3.63, 3.8) is 0 Å². The molecule has 0 saturated carbocycles. The second-order valence-electron chi connectivity index (χ2n) is 3.25. The smallest absolute Gasteiger partial charge is 0.414 e. The number of morpholine rings is 1. The summed E-state index contributed by atoms with van der Waals surface area (Å²) >= 11 is 0. The summed E-state index contributed by atoms with van der Waals surface area (Å²) in [5, 5.41) is 18.2. The van der Waals surface area contributed by atoms with Crippen LogP contribution in [0.4, 0.5) is 0 Å². The molecule has 3 aliphatic rings. The lowest BCUT2D eigenvalue weighted by molar-refractivity contribution is -0.159. The summed E-state index contributed by atoms with van der Waals surface area (Å²) in [6.45, 7) is 2.04. The van der Waals surface area contributed by atoms with Crippen LogP contribution >= 0.6 is 0 Å². The molecule has 0 aromatic carbocycles. The van der Waals surface area contributed by atoms with E-state index < -0.39 is 11.9 Å². The summed E-state index contributed by atoms with van der Waals surface area (Å²) in [5.74, 6) is -3.65. The van der Waals surface area contributed by atoms with Gasteiger partial charge in [0.1, 0.15) is 0 Å². The molecule has 3 aliphatic heterocycles. The Morgan fingerprint density at radius 2 is 1.86 bits per heavy atom. The molecule has 3 heterocycles. The molecule has 0 amide bonds. The Hall–Kier alpha value is -1.14. The molecular formula is C8H13NO5. The quantitative estimate of drug-likeness (QED) is 0.450. The van der Waals surface area contributed by atoms with Crippen molar-refractivity contribution in [2.24, 2.45) is 0 Å². The summed E-state index contributed by atoms with van der Waals surface area (Å²) in [6.07, 6.45) is 3.14. The highest BCUT2D eigenvalue weighted by Gasteiger charge is 2.26. The molecule has 0 aliphatic carbocycles. The van der Waals surface area contributed by atoms with Crippen molar-refractivity contribution in [3.05, 3.63) is 0 Å². The van der Waals surface area contributed by atoms with Gasteiger partial charge in [-0.15, -0.1) is 0 Å². The molecule has 0 radical (unpaired) electrons. The van der Waals surface area contributed by atoms with Crippen molar-refractivity contribution in [1.82, 2.24) is 5.32 Å². The average Bonchev–Trinajstić information content (AvgIpc) is 2.21. The van der Waals surface area contributed by atoms with E-state index in [9.17, 15) is 0 Å². The summed E-state index contributed by atoms with van der Waals surface area (Å²) < 4.78 is 5.41. The standard InChI is InChI=1S/C6H11NO.C2H2O4/c1-2-6-3-7-5(1)4-8-6;3-1(4)2(5)6/h5-7H,1-4H2;(H,3,4)(H,5,6)/t5-,6-;/m0./s1. The number of nitrogens with one attached hydrogen (secondary N) is 1. The predicted octanol–water partition coefficient (Wildman–Crippen LogP) is -0.707. The van der Waals surface area contributed by atoms with Gasteiger partial charge in [0.05, 0.1) is 12.7 Å². The zero-order valence-electron chi connectivity index (χ0n) is 7.60. The molecule has 0 aromatic heterocycles. The lowest BCUT2D eigenvalue weighted by atomic mass is 10.0. The lowest BCUT2D eigenvalue weighted by Crippen LogP contribution is -2.51. The molecule has 0 aromatic rings. The normalized spacial score (nSPS) is 28.9. The first-order valence-corrected chi connectivity index (χ1v) is 4.41. The number of carboxylic acid groups (broad SMARTS) is 2. The number of fused-ring (bicyclic) bond motifs is 3. The van der Waals surface area contributed by atoms with Crippen LogP contribution in [-0.2, 0) is 14.3 Å². The molecule has 3 rings (SSSR count). The fourth-order valence-electron chi connectivity index (χ4n) is 1.43. The summed E-state index contributed by atoms with van der Waals surface area (Å²) in [5.41, 5.74) is 0. The Morgan fingerprint density at radius 1 is 1.21 bits per heavy atom. The molecule has 0 spiro atoms. The van der Waals surface area contributed by atoms with Crippen molar-refractivity contribution in [3.8, 4) is 0 Å². The Balaban J connectivity index is 0.000000149. The summed E-state index contributed by atoms with van der Waals surface area (Å²) in [4.78, 5) is 18.2. The highest BCUT2D eigenvalue weighted by Crippen LogP contribution is 2.17. The van der Waals surface area contributed by atoms with E-state index in [4.69, 9.17) is 24.5 Å². The molecule has 0 unspecified atom stereocenters. The maximum absolute atomic E-state index is 9.10. The van der Waals surface area contributed by atoms with Gasteiger partial charge in [-0.3, -0.25) is 0 Å². The minimum Gasteiger partial charge on any atom is -0.473 e. The van der Waals surface area contributed by atoms with Crippen LogP contribution in [-0.4, -0.2) is 47.4 Å². The number of hydrogen-bond acceptors (Lipinski definition) is 4. The Bertz CT molecular complexity index is 187. The van der Waals surface area contributed by atoms with Crippen LogP contribution in [0.25, 0.3) is 0 Å². The fourth-order valence-corrected chi connectivity index (χ4v) is 1.43. The van der Waals surface area contributed by atoms with Crippen LogP contribution in [0.2, 0.25) is 0 Å². The minimum absolute atomic E-state index is 0.542. The zero-order chi connectivity index (χ0) is 10.6. The Morgan fingerprint density at radius 3 is 1.93 bits per heavy atom. The van der Waals surface area contributed by atoms with Gasteiger partial charge in [-0.1, -0.05) is 0 Å². The van der Waals surface area contributed by atoms with Crippen molar-refractivity contribution in [2.75, 3.05) is 13.2 Å². The highest BCUT2D eigenvalue weighted by atomic mass is 16.5. The van der Waals surface area contributed by atoms with Crippen LogP contribution in [0.1, 0.15) is 12.8 Å². The molecule has 6 heteroatoms. The van der Waals surface area contributed by atoms with Gasteiger partial charge in [0.15, 0.2) is 0 Å². The van der Waals surface area contributed by atoms with Crippen molar-refractivity contribution < 1.29 is 24.5 Å². The first-order chi connectivity index (χ1) is 6.59. The first-order valence-electron chi connectivity index (χ1n) is 4.41. The van der Waals surface area contributed by atoms with E-state index in [-0.39, 0.29) is 0 Å². The molecule has 3 fully saturated rings. The minimum atomic E-state index is -1.82. The van der Waals surface area contributed by atoms with E-state index in [0.717, 1.165) is 13.2 Å². The average molecular weight is 203 g/mol. The van der Waals surface area contributed by atoms with E-state index >= 15 is 0 Å². The molecular weight excluding hydrogens is 190 g/mol. The monoisotopic (exact) mass is 203 g/mol. The molecule has 3 saturated heterocycles. The third kappa shape index (κ3) is 3.31. The topological polar surface area (TPSA) is 95.9 Å². The fraction of sp³-hybridized carbons (Fsp3) is 0.750. The molecule has 2 bridgehead atoms. The van der Waals surface area contributed by atoms with E-state index in [1.54, 1.807) is 0 Å². The van der Waals surface area contributed by atoms with Gasteiger partial charge in [0.25, 0.3) is 0 Å². The Labute approximate surface area is 80.9 Å². The van der Waals surface area contributed by atoms with Gasteiger partial charge in [-0.25, -0.2) is 9.59 Å². The van der Waals surface area contributed by atoms with E-state index in [1.807, 2.05) is 0 Å². The van der Waals surface area contributed by atoms with Crippen molar-refractivity contribution in [1.29, 1.82) is 0 Å². The molecule has 3 N–H and O–H groups in total. The van der Waals surface area contributed by atoms with Crippen LogP contribution in [0.5, 0.6) is 0 Å². The lowest BCUT2D eigenvalue weighted by Gasteiger charge is -2.36. The van der Waals surface area contributed by atoms with E-state index in [2.05, 4.69) is 5.32 Å². The molecule has 6 nitrogen and oxygen atoms in total. The molecule has 2 atom stereocenters. The van der Waals surface area contributed by atoms with Crippen molar-refractivity contribution in [2.45, 2.75) is 25.0 Å². The SMILES string of the molecule is C1C[C@H]2CN[C@@H]1CO2.O=C(O)C(=O)O. The number of piperidine rings is 1. The number of carbonyl (C=O) groups is 2. The zero-order valence-corrected chi connectivity index (χ0v) is 7.60. The van der Waals surface area contributed by atoms with Crippen LogP contribution < -0.4 is 5.32 Å². The second kappa shape index (κ2) is 4.92. The maximum Gasteiger partial charge on any atom is 0.414 e. The summed E-state index contributed by atoms with van der Waals surface area (Å²) in [7, 11) is 0. The van der Waals surface area contributed by atoms with Gasteiger partial charge in [-0.05, 0) is 12.8 Å². The largest absolute Gasteiger partial charge is 0.473 e. The van der Waals surface area contributed by atoms with Crippen LogP contribution in [0, 0.1) is 0 Å². The van der Waals surface area contributed by atoms with Gasteiger partial charge >= 0.3 is 11.9 Å². The highest BCUT2D eigenvalue weighted by molar-refractivity contribution is 6.27. The predicted molar refractivity (Wildman–Crippen MR) is 46.0 cm³/mol.